The number of nitrogens with zero attached hydrogens (tertiary/aromatic N) is 4. The van der Waals surface area contributed by atoms with Crippen molar-refractivity contribution in [2.75, 3.05) is 12.3 Å². The number of aromatic nitrogens is 4. The Kier molecular flexibility index (Phi) is 5.49. The normalized spacial score (nSPS) is 11.1. The molecule has 2 N–H and O–H groups in total. The van der Waals surface area contributed by atoms with E-state index >= 15 is 0 Å². The fourth-order valence-electron chi connectivity index (χ4n) is 2.11. The van der Waals surface area contributed by atoms with E-state index in [4.69, 9.17) is 16.0 Å². The maximum Gasteiger partial charge on any atom is 0.209 e. The third-order valence-corrected chi connectivity index (χ3v) is 4.68. The van der Waals surface area contributed by atoms with Gasteiger partial charge in [0.2, 0.25) is 5.16 Å². The first-order valence-electron chi connectivity index (χ1n) is 7.34. The molecule has 3 rings (SSSR count). The summed E-state index contributed by atoms with van der Waals surface area (Å²) in [5.41, 5.74) is 0.762. The second-order valence-corrected chi connectivity index (χ2v) is 6.58. The highest BCUT2D eigenvalue weighted by Crippen LogP contribution is 2.26. The Morgan fingerprint density at radius 2 is 2.21 bits per heavy atom. The molecule has 2 heterocycles. The van der Waals surface area contributed by atoms with Crippen molar-refractivity contribution in [1.82, 2.24) is 20.2 Å². The average molecular weight is 369 g/mol. The number of furan rings is 1. The molecular weight excluding hydrogens is 353 g/mol. The summed E-state index contributed by atoms with van der Waals surface area (Å²) in [6, 6.07) is 8.34. The lowest BCUT2D eigenvalue weighted by molar-refractivity contribution is -0.668. The number of thioether (sulfide) groups is 1. The summed E-state index contributed by atoms with van der Waals surface area (Å²) < 4.78 is 20.6. The first kappa shape index (κ1) is 16.9. The van der Waals surface area contributed by atoms with Crippen molar-refractivity contribution in [3.63, 3.8) is 0 Å². The highest BCUT2D eigenvalue weighted by Gasteiger charge is 2.09. The van der Waals surface area contributed by atoms with E-state index in [1.54, 1.807) is 28.6 Å². The van der Waals surface area contributed by atoms with Gasteiger partial charge in [-0.1, -0.05) is 23.4 Å². The standard InChI is InChI=1S/C15H15ClFN5OS/c1-22-15(19-20-21-22)24-7-6-18-9-11-3-5-14(23-11)10-2-4-13(17)12(16)8-10/h2-5,8,18H,6-7,9H2,1H3/p+1. The van der Waals surface area contributed by atoms with Gasteiger partial charge in [-0.2, -0.15) is 0 Å². The molecule has 0 fully saturated rings. The van der Waals surface area contributed by atoms with E-state index in [0.29, 0.717) is 5.76 Å². The number of quaternary nitrogens is 1. The molecule has 0 radical (unpaired) electrons. The first-order chi connectivity index (χ1) is 11.6. The van der Waals surface area contributed by atoms with Crippen molar-refractivity contribution in [3.8, 4) is 11.3 Å². The van der Waals surface area contributed by atoms with Crippen LogP contribution in [0.25, 0.3) is 11.3 Å². The van der Waals surface area contributed by atoms with Crippen molar-refractivity contribution in [3.05, 3.63) is 46.9 Å². The summed E-state index contributed by atoms with van der Waals surface area (Å²) in [6.45, 7) is 1.64. The molecule has 6 nitrogen and oxygen atoms in total. The first-order valence-corrected chi connectivity index (χ1v) is 8.71. The van der Waals surface area contributed by atoms with Gasteiger partial charge in [0.15, 0.2) is 5.76 Å². The Bertz CT molecular complexity index is 822. The number of rotatable bonds is 7. The van der Waals surface area contributed by atoms with Crippen LogP contribution in [0, 0.1) is 5.82 Å². The molecule has 0 atom stereocenters. The molecule has 1 aromatic carbocycles. The Labute approximate surface area is 147 Å². The predicted molar refractivity (Wildman–Crippen MR) is 89.1 cm³/mol. The minimum atomic E-state index is -0.434. The minimum absolute atomic E-state index is 0.0901. The van der Waals surface area contributed by atoms with Gasteiger partial charge in [0.1, 0.15) is 18.1 Å². The van der Waals surface area contributed by atoms with Crippen molar-refractivity contribution in [2.45, 2.75) is 11.7 Å². The third-order valence-electron chi connectivity index (χ3n) is 3.35. The van der Waals surface area contributed by atoms with Gasteiger partial charge in [0.25, 0.3) is 0 Å². The van der Waals surface area contributed by atoms with Crippen LogP contribution in [0.3, 0.4) is 0 Å². The summed E-state index contributed by atoms with van der Waals surface area (Å²) in [5, 5.41) is 14.3. The zero-order chi connectivity index (χ0) is 16.9. The number of tetrazole rings is 1. The zero-order valence-corrected chi connectivity index (χ0v) is 14.5. The lowest BCUT2D eigenvalue weighted by atomic mass is 10.2. The third kappa shape index (κ3) is 4.14. The van der Waals surface area contributed by atoms with Crippen LogP contribution in [0.5, 0.6) is 0 Å². The summed E-state index contributed by atoms with van der Waals surface area (Å²) in [7, 11) is 1.82. The number of hydrogen-bond donors (Lipinski definition) is 1. The molecule has 0 unspecified atom stereocenters. The van der Waals surface area contributed by atoms with Gasteiger partial charge in [-0.3, -0.25) is 0 Å². The molecule has 0 saturated carbocycles. The molecular formula is C15H16ClFN5OS+. The van der Waals surface area contributed by atoms with Crippen molar-refractivity contribution < 1.29 is 14.1 Å². The Morgan fingerprint density at radius 1 is 1.33 bits per heavy atom. The van der Waals surface area contributed by atoms with Crippen LogP contribution < -0.4 is 5.32 Å². The van der Waals surface area contributed by atoms with E-state index in [1.165, 1.54) is 6.07 Å². The van der Waals surface area contributed by atoms with Crippen LogP contribution in [0.4, 0.5) is 4.39 Å². The largest absolute Gasteiger partial charge is 0.455 e. The molecule has 0 aliphatic heterocycles. The molecule has 0 aliphatic rings. The average Bonchev–Trinajstić information content (AvgIpc) is 3.19. The van der Waals surface area contributed by atoms with Gasteiger partial charge in [-0.15, -0.1) is 5.10 Å². The monoisotopic (exact) mass is 368 g/mol. The molecule has 2 aromatic heterocycles. The van der Waals surface area contributed by atoms with E-state index in [-0.39, 0.29) is 5.02 Å². The Morgan fingerprint density at radius 3 is 2.96 bits per heavy atom. The Hall–Kier alpha value is -1.90. The van der Waals surface area contributed by atoms with E-state index in [9.17, 15) is 4.39 Å². The molecule has 126 valence electrons. The Balaban J connectivity index is 1.47. The van der Waals surface area contributed by atoms with E-state index < -0.39 is 5.82 Å². The van der Waals surface area contributed by atoms with Gasteiger partial charge >= 0.3 is 0 Å². The van der Waals surface area contributed by atoms with Crippen molar-refractivity contribution in [1.29, 1.82) is 0 Å². The van der Waals surface area contributed by atoms with Gasteiger partial charge in [-0.05, 0) is 40.8 Å². The van der Waals surface area contributed by atoms with Crippen LogP contribution in [0.15, 0.2) is 39.9 Å². The summed E-state index contributed by atoms with van der Waals surface area (Å²) >= 11 is 7.41. The number of nitrogens with two attached hydrogens (primary N) is 1. The van der Waals surface area contributed by atoms with Crippen LogP contribution in [0.2, 0.25) is 5.02 Å². The van der Waals surface area contributed by atoms with Crippen LogP contribution in [-0.4, -0.2) is 32.5 Å². The van der Waals surface area contributed by atoms with E-state index in [0.717, 1.165) is 35.3 Å². The fraction of sp³-hybridized carbons (Fsp3) is 0.267. The van der Waals surface area contributed by atoms with Gasteiger partial charge in [-0.25, -0.2) is 9.07 Å². The molecule has 0 saturated heterocycles. The highest BCUT2D eigenvalue weighted by atomic mass is 35.5. The van der Waals surface area contributed by atoms with Gasteiger partial charge in [0.05, 0.1) is 17.3 Å². The van der Waals surface area contributed by atoms with Gasteiger partial charge in [0, 0.05) is 12.6 Å². The van der Waals surface area contributed by atoms with Crippen LogP contribution >= 0.6 is 23.4 Å². The number of benzene rings is 1. The summed E-state index contributed by atoms with van der Waals surface area (Å²) in [5.74, 6) is 2.00. The SMILES string of the molecule is Cn1nnnc1SCC[NH2+]Cc1ccc(-c2ccc(F)c(Cl)c2)o1. The number of hydrogen-bond acceptors (Lipinski definition) is 5. The summed E-state index contributed by atoms with van der Waals surface area (Å²) in [4.78, 5) is 0. The topological polar surface area (TPSA) is 73.3 Å². The molecule has 0 spiro atoms. The minimum Gasteiger partial charge on any atom is -0.455 e. The van der Waals surface area contributed by atoms with Crippen LogP contribution in [-0.2, 0) is 13.6 Å². The second-order valence-electron chi connectivity index (χ2n) is 5.11. The van der Waals surface area contributed by atoms with Crippen LogP contribution in [0.1, 0.15) is 5.76 Å². The highest BCUT2D eigenvalue weighted by molar-refractivity contribution is 7.99. The fourth-order valence-corrected chi connectivity index (χ4v) is 3.08. The summed E-state index contributed by atoms with van der Waals surface area (Å²) in [6.07, 6.45) is 0. The van der Waals surface area contributed by atoms with E-state index in [1.807, 2.05) is 19.2 Å². The molecule has 3 aromatic rings. The maximum atomic E-state index is 13.2. The van der Waals surface area contributed by atoms with Crippen molar-refractivity contribution in [2.24, 2.45) is 7.05 Å². The maximum absolute atomic E-state index is 13.2. The van der Waals surface area contributed by atoms with Gasteiger partial charge < -0.3 is 9.73 Å². The zero-order valence-electron chi connectivity index (χ0n) is 12.9. The number of halogens is 2. The second kappa shape index (κ2) is 7.78. The number of aryl methyl sites for hydroxylation is 1. The predicted octanol–water partition coefficient (Wildman–Crippen LogP) is 2.12. The molecule has 0 bridgehead atoms. The molecule has 0 amide bonds. The molecule has 9 heteroatoms. The van der Waals surface area contributed by atoms with E-state index in [2.05, 4.69) is 20.8 Å². The van der Waals surface area contributed by atoms with Crippen molar-refractivity contribution >= 4 is 23.4 Å². The lowest BCUT2D eigenvalue weighted by Crippen LogP contribution is -2.83. The lowest BCUT2D eigenvalue weighted by Gasteiger charge is -2.01. The molecule has 24 heavy (non-hydrogen) atoms. The smallest absolute Gasteiger partial charge is 0.209 e. The quantitative estimate of drug-likeness (QED) is 0.511. The molecule has 0 aliphatic carbocycles.